The lowest BCUT2D eigenvalue weighted by Gasteiger charge is -2.45. The predicted molar refractivity (Wildman–Crippen MR) is 72.0 cm³/mol. The number of likely N-dealkylation sites (N-methyl/N-ethyl adjacent to an activating group) is 1. The Morgan fingerprint density at radius 3 is 2.84 bits per heavy atom. The number of rotatable bonds is 1. The Hall–Kier alpha value is -1.69. The van der Waals surface area contributed by atoms with Crippen LogP contribution in [-0.2, 0) is 4.79 Å². The molecular formula is C13H19N5O. The van der Waals surface area contributed by atoms with Crippen molar-refractivity contribution < 1.29 is 4.79 Å². The summed E-state index contributed by atoms with van der Waals surface area (Å²) in [7, 11) is 1.88. The first kappa shape index (κ1) is 12.3. The van der Waals surface area contributed by atoms with Gasteiger partial charge in [0.25, 0.3) is 0 Å². The number of amides is 1. The van der Waals surface area contributed by atoms with Crippen LogP contribution in [0.4, 0.5) is 5.95 Å². The quantitative estimate of drug-likeness (QED) is 0.697. The summed E-state index contributed by atoms with van der Waals surface area (Å²) in [5.41, 5.74) is 0.958. The van der Waals surface area contributed by atoms with Gasteiger partial charge < -0.3 is 9.80 Å². The van der Waals surface area contributed by atoms with Crippen LogP contribution in [0, 0.1) is 6.92 Å². The van der Waals surface area contributed by atoms with Gasteiger partial charge >= 0.3 is 0 Å². The van der Waals surface area contributed by atoms with Crippen LogP contribution >= 0.6 is 0 Å². The van der Waals surface area contributed by atoms with Crippen LogP contribution in [0.3, 0.4) is 0 Å². The molecule has 0 radical (unpaired) electrons. The summed E-state index contributed by atoms with van der Waals surface area (Å²) >= 11 is 0. The zero-order chi connectivity index (χ0) is 13.4. The van der Waals surface area contributed by atoms with Crippen LogP contribution in [0.15, 0.2) is 12.3 Å². The highest BCUT2D eigenvalue weighted by Crippen LogP contribution is 2.19. The van der Waals surface area contributed by atoms with Crippen LogP contribution in [0.2, 0.25) is 0 Å². The number of carbonyl (C=O) groups excluding carboxylic acids is 1. The summed E-state index contributed by atoms with van der Waals surface area (Å²) in [6.07, 6.45) is 1.78. The van der Waals surface area contributed by atoms with Gasteiger partial charge in [-0.25, -0.2) is 9.97 Å². The lowest BCUT2D eigenvalue weighted by Crippen LogP contribution is -2.64. The molecule has 19 heavy (non-hydrogen) atoms. The van der Waals surface area contributed by atoms with E-state index in [-0.39, 0.29) is 11.9 Å². The first-order chi connectivity index (χ1) is 9.15. The van der Waals surface area contributed by atoms with Crippen molar-refractivity contribution in [1.29, 1.82) is 0 Å². The van der Waals surface area contributed by atoms with Crippen LogP contribution in [0.25, 0.3) is 0 Å². The zero-order valence-electron chi connectivity index (χ0n) is 11.4. The largest absolute Gasteiger partial charge is 0.343 e. The molecule has 2 fully saturated rings. The molecule has 6 heteroatoms. The van der Waals surface area contributed by atoms with Crippen molar-refractivity contribution in [1.82, 2.24) is 19.8 Å². The molecule has 3 heterocycles. The second-order valence-electron chi connectivity index (χ2n) is 5.26. The van der Waals surface area contributed by atoms with Crippen molar-refractivity contribution in [3.8, 4) is 0 Å². The van der Waals surface area contributed by atoms with E-state index >= 15 is 0 Å². The van der Waals surface area contributed by atoms with Gasteiger partial charge in [0.2, 0.25) is 11.9 Å². The number of hydrogen-bond acceptors (Lipinski definition) is 5. The van der Waals surface area contributed by atoms with Gasteiger partial charge in [-0.2, -0.15) is 0 Å². The van der Waals surface area contributed by atoms with E-state index < -0.39 is 0 Å². The normalized spacial score (nSPS) is 24.5. The highest BCUT2D eigenvalue weighted by atomic mass is 16.2. The molecule has 1 unspecified atom stereocenters. The molecule has 6 nitrogen and oxygen atoms in total. The predicted octanol–water partition coefficient (Wildman–Crippen LogP) is -0.252. The van der Waals surface area contributed by atoms with E-state index in [0.717, 1.165) is 37.8 Å². The Balaban J connectivity index is 1.79. The molecule has 1 amide bonds. The average molecular weight is 261 g/mol. The Morgan fingerprint density at radius 1 is 1.26 bits per heavy atom. The van der Waals surface area contributed by atoms with Gasteiger partial charge in [0.15, 0.2) is 0 Å². The number of aromatic nitrogens is 2. The molecule has 0 spiro atoms. The molecule has 0 bridgehead atoms. The van der Waals surface area contributed by atoms with Crippen molar-refractivity contribution in [2.24, 2.45) is 0 Å². The Morgan fingerprint density at radius 2 is 2.05 bits per heavy atom. The van der Waals surface area contributed by atoms with Crippen LogP contribution in [-0.4, -0.2) is 71.5 Å². The van der Waals surface area contributed by atoms with Gasteiger partial charge in [-0.15, -0.1) is 0 Å². The van der Waals surface area contributed by atoms with Crippen LogP contribution < -0.4 is 4.90 Å². The highest BCUT2D eigenvalue weighted by molar-refractivity contribution is 5.83. The van der Waals surface area contributed by atoms with Gasteiger partial charge in [-0.1, -0.05) is 0 Å². The molecule has 0 N–H and O–H groups in total. The van der Waals surface area contributed by atoms with E-state index in [0.29, 0.717) is 6.54 Å². The van der Waals surface area contributed by atoms with Crippen molar-refractivity contribution in [3.63, 3.8) is 0 Å². The summed E-state index contributed by atoms with van der Waals surface area (Å²) in [6.45, 7) is 6.23. The highest BCUT2D eigenvalue weighted by Gasteiger charge is 2.37. The maximum atomic E-state index is 12.2. The Labute approximate surface area is 113 Å². The molecule has 102 valence electrons. The minimum absolute atomic E-state index is 0.0448. The van der Waals surface area contributed by atoms with Crippen molar-refractivity contribution in [3.05, 3.63) is 18.0 Å². The monoisotopic (exact) mass is 261 g/mol. The van der Waals surface area contributed by atoms with E-state index in [1.165, 1.54) is 0 Å². The van der Waals surface area contributed by atoms with E-state index in [1.54, 1.807) is 6.20 Å². The first-order valence-electron chi connectivity index (χ1n) is 6.69. The topological polar surface area (TPSA) is 52.6 Å². The minimum atomic E-state index is -0.0448. The molecule has 2 aliphatic rings. The Kier molecular flexibility index (Phi) is 3.10. The lowest BCUT2D eigenvalue weighted by atomic mass is 10.1. The fourth-order valence-electron chi connectivity index (χ4n) is 2.74. The minimum Gasteiger partial charge on any atom is -0.343 e. The summed E-state index contributed by atoms with van der Waals surface area (Å²) < 4.78 is 0. The van der Waals surface area contributed by atoms with Crippen LogP contribution in [0.5, 0.6) is 0 Å². The number of nitrogens with zero attached hydrogens (tertiary/aromatic N) is 5. The number of fused-ring (bicyclic) bond motifs is 1. The molecule has 2 saturated heterocycles. The Bertz CT molecular complexity index is 492. The fourth-order valence-corrected chi connectivity index (χ4v) is 2.74. The van der Waals surface area contributed by atoms with Gasteiger partial charge in [0, 0.05) is 51.7 Å². The third-order valence-electron chi connectivity index (χ3n) is 3.94. The van der Waals surface area contributed by atoms with Crippen LogP contribution in [0.1, 0.15) is 5.69 Å². The lowest BCUT2D eigenvalue weighted by molar-refractivity contribution is -0.140. The maximum Gasteiger partial charge on any atom is 0.241 e. The summed E-state index contributed by atoms with van der Waals surface area (Å²) in [5.74, 6) is 0.948. The third-order valence-corrected chi connectivity index (χ3v) is 3.94. The summed E-state index contributed by atoms with van der Waals surface area (Å²) in [4.78, 5) is 27.2. The van der Waals surface area contributed by atoms with Gasteiger partial charge in [-0.05, 0) is 13.0 Å². The van der Waals surface area contributed by atoms with Crippen molar-refractivity contribution >= 4 is 11.9 Å². The van der Waals surface area contributed by atoms with Crippen molar-refractivity contribution in [2.45, 2.75) is 13.0 Å². The van der Waals surface area contributed by atoms with Gasteiger partial charge in [0.05, 0.1) is 0 Å². The standard InChI is InChI=1S/C13H19N5O/c1-10-3-4-14-13(15-10)18-8-7-17-6-5-16(2)12(19)11(17)9-18/h3-4,11H,5-9H2,1-2H3. The molecular weight excluding hydrogens is 242 g/mol. The molecule has 3 rings (SSSR count). The van der Waals surface area contributed by atoms with E-state index in [2.05, 4.69) is 19.8 Å². The fraction of sp³-hybridized carbons (Fsp3) is 0.615. The molecule has 0 aromatic carbocycles. The molecule has 0 aliphatic carbocycles. The smallest absolute Gasteiger partial charge is 0.241 e. The SMILES string of the molecule is Cc1ccnc(N2CCN3CCN(C)C(=O)C3C2)n1. The molecule has 1 aromatic rings. The second-order valence-corrected chi connectivity index (χ2v) is 5.26. The summed E-state index contributed by atoms with van der Waals surface area (Å²) in [6, 6.07) is 1.84. The first-order valence-corrected chi connectivity index (χ1v) is 6.69. The number of hydrogen-bond donors (Lipinski definition) is 0. The molecule has 1 atom stereocenters. The number of carbonyl (C=O) groups is 1. The van der Waals surface area contributed by atoms with E-state index in [9.17, 15) is 4.79 Å². The third kappa shape index (κ3) is 2.28. The molecule has 0 saturated carbocycles. The van der Waals surface area contributed by atoms with E-state index in [1.807, 2.05) is 24.9 Å². The average Bonchev–Trinajstić information content (AvgIpc) is 2.43. The second kappa shape index (κ2) is 4.77. The van der Waals surface area contributed by atoms with E-state index in [4.69, 9.17) is 0 Å². The zero-order valence-corrected chi connectivity index (χ0v) is 11.4. The van der Waals surface area contributed by atoms with Crippen molar-refractivity contribution in [2.75, 3.05) is 44.7 Å². The number of aryl methyl sites for hydroxylation is 1. The number of anilines is 1. The molecule has 1 aromatic heterocycles. The summed E-state index contributed by atoms with van der Waals surface area (Å²) in [5, 5.41) is 0. The molecule has 2 aliphatic heterocycles. The maximum absolute atomic E-state index is 12.2. The van der Waals surface area contributed by atoms with Gasteiger partial charge in [0.1, 0.15) is 6.04 Å². The number of piperazine rings is 2. The van der Waals surface area contributed by atoms with Gasteiger partial charge in [-0.3, -0.25) is 9.69 Å².